The van der Waals surface area contributed by atoms with Crippen molar-refractivity contribution in [3.05, 3.63) is 69.8 Å². The van der Waals surface area contributed by atoms with E-state index in [1.54, 1.807) is 13.8 Å². The average Bonchev–Trinajstić information content (AvgIpc) is 2.66. The number of nitrogens with zero attached hydrogens (tertiary/aromatic N) is 2. The Labute approximate surface area is 170 Å². The van der Waals surface area contributed by atoms with Crippen molar-refractivity contribution in [2.75, 3.05) is 10.6 Å². The van der Waals surface area contributed by atoms with Crippen LogP contribution < -0.4 is 9.62 Å². The second-order valence-corrected chi connectivity index (χ2v) is 8.71. The highest BCUT2D eigenvalue weighted by Crippen LogP contribution is 2.30. The molecular weight excluding hydrogens is 394 g/mol. The Hall–Kier alpha value is -2.94. The number of rotatable bonds is 8. The van der Waals surface area contributed by atoms with Gasteiger partial charge in [0, 0.05) is 12.1 Å². The summed E-state index contributed by atoms with van der Waals surface area (Å²) in [5, 5.41) is 14.0. The largest absolute Gasteiger partial charge is 0.348 e. The molecule has 0 aliphatic carbocycles. The van der Waals surface area contributed by atoms with Crippen molar-refractivity contribution in [1.29, 1.82) is 0 Å². The number of non-ortho nitro benzene ring substituents is 1. The molecule has 2 rings (SSSR count). The average molecular weight is 420 g/mol. The number of aryl methyl sites for hydroxylation is 1. The van der Waals surface area contributed by atoms with E-state index in [4.69, 9.17) is 0 Å². The van der Waals surface area contributed by atoms with Crippen LogP contribution in [0.3, 0.4) is 0 Å². The molecule has 0 fully saturated rings. The molecule has 29 heavy (non-hydrogen) atoms. The number of hydrogen-bond acceptors (Lipinski definition) is 5. The van der Waals surface area contributed by atoms with Crippen molar-refractivity contribution in [3.8, 4) is 0 Å². The van der Waals surface area contributed by atoms with Crippen molar-refractivity contribution < 1.29 is 18.1 Å². The molecule has 9 heteroatoms. The molecule has 0 unspecified atom stereocenters. The summed E-state index contributed by atoms with van der Waals surface area (Å²) in [6, 6.07) is 11.9. The quantitative estimate of drug-likeness (QED) is 0.521. The lowest BCUT2D eigenvalue weighted by molar-refractivity contribution is -0.384. The third-order valence-corrected chi connectivity index (χ3v) is 5.79. The molecule has 0 spiro atoms. The first-order chi connectivity index (χ1) is 13.6. The molecule has 2 atom stereocenters. The zero-order valence-electron chi connectivity index (χ0n) is 16.8. The van der Waals surface area contributed by atoms with Gasteiger partial charge in [0.1, 0.15) is 6.04 Å². The van der Waals surface area contributed by atoms with Crippen molar-refractivity contribution >= 4 is 27.3 Å². The maximum absolute atomic E-state index is 13.0. The molecule has 2 aromatic carbocycles. The maximum Gasteiger partial charge on any atom is 0.271 e. The third-order valence-electron chi connectivity index (χ3n) is 4.63. The minimum atomic E-state index is -3.89. The first-order valence-corrected chi connectivity index (χ1v) is 11.0. The van der Waals surface area contributed by atoms with E-state index in [1.165, 1.54) is 18.2 Å². The molecular formula is C20H25N3O5S. The molecule has 2 aromatic rings. The lowest BCUT2D eigenvalue weighted by Gasteiger charge is -2.32. The normalized spacial score (nSPS) is 13.4. The van der Waals surface area contributed by atoms with Crippen molar-refractivity contribution in [1.82, 2.24) is 5.32 Å². The number of carbonyl (C=O) groups excluding carboxylic acids is 1. The van der Waals surface area contributed by atoms with Gasteiger partial charge in [-0.3, -0.25) is 19.2 Å². The van der Waals surface area contributed by atoms with Gasteiger partial charge >= 0.3 is 0 Å². The first kappa shape index (κ1) is 22.4. The minimum absolute atomic E-state index is 0.121. The predicted octanol–water partition coefficient (Wildman–Crippen LogP) is 3.33. The highest BCUT2D eigenvalue weighted by atomic mass is 32.2. The summed E-state index contributed by atoms with van der Waals surface area (Å²) < 4.78 is 26.2. The summed E-state index contributed by atoms with van der Waals surface area (Å²) in [6.07, 6.45) is 1.18. The van der Waals surface area contributed by atoms with E-state index in [-0.39, 0.29) is 23.8 Å². The number of carbonyl (C=O) groups is 1. The summed E-state index contributed by atoms with van der Waals surface area (Å²) in [4.78, 5) is 23.6. The van der Waals surface area contributed by atoms with E-state index in [1.807, 2.05) is 37.3 Å². The van der Waals surface area contributed by atoms with Crippen LogP contribution in [0.5, 0.6) is 0 Å². The molecule has 1 N–H and O–H groups in total. The predicted molar refractivity (Wildman–Crippen MR) is 112 cm³/mol. The van der Waals surface area contributed by atoms with Crippen LogP contribution in [0.2, 0.25) is 0 Å². The van der Waals surface area contributed by atoms with Gasteiger partial charge in [-0.15, -0.1) is 0 Å². The van der Waals surface area contributed by atoms with Crippen LogP contribution in [0.25, 0.3) is 0 Å². The van der Waals surface area contributed by atoms with E-state index in [2.05, 4.69) is 5.32 Å². The Bertz CT molecular complexity index is 992. The highest BCUT2D eigenvalue weighted by molar-refractivity contribution is 7.92. The van der Waals surface area contributed by atoms with E-state index in [0.29, 0.717) is 5.56 Å². The molecule has 0 aliphatic rings. The van der Waals surface area contributed by atoms with Gasteiger partial charge < -0.3 is 5.32 Å². The zero-order chi connectivity index (χ0) is 21.8. The Morgan fingerprint density at radius 1 is 1.21 bits per heavy atom. The van der Waals surface area contributed by atoms with Crippen LogP contribution in [0, 0.1) is 17.0 Å². The van der Waals surface area contributed by atoms with E-state index < -0.39 is 26.9 Å². The number of sulfonamides is 1. The molecule has 0 aromatic heterocycles. The number of nitro groups is 1. The Morgan fingerprint density at radius 3 is 2.34 bits per heavy atom. The fourth-order valence-electron chi connectivity index (χ4n) is 3.12. The van der Waals surface area contributed by atoms with Gasteiger partial charge in [-0.2, -0.15) is 0 Å². The molecule has 0 aliphatic heterocycles. The van der Waals surface area contributed by atoms with Crippen LogP contribution in [0.4, 0.5) is 11.4 Å². The number of nitrogens with one attached hydrogen (secondary N) is 1. The molecule has 0 bridgehead atoms. The summed E-state index contributed by atoms with van der Waals surface area (Å²) in [7, 11) is -3.89. The summed E-state index contributed by atoms with van der Waals surface area (Å²) in [6.45, 7) is 5.15. The molecule has 0 radical (unpaired) electrons. The zero-order valence-corrected chi connectivity index (χ0v) is 17.6. The molecule has 156 valence electrons. The molecule has 0 heterocycles. The maximum atomic E-state index is 13.0. The van der Waals surface area contributed by atoms with E-state index in [0.717, 1.165) is 16.1 Å². The second kappa shape index (κ2) is 9.04. The molecule has 0 saturated heterocycles. The fourth-order valence-corrected chi connectivity index (χ4v) is 4.38. The number of anilines is 1. The summed E-state index contributed by atoms with van der Waals surface area (Å²) in [5.74, 6) is -0.472. The lowest BCUT2D eigenvalue weighted by atomic mass is 10.1. The standard InChI is InChI=1S/C20H25N3O5S/c1-5-18(20(24)21-15(3)16-9-7-6-8-10-16)22(29(4,27)28)19-13-17(23(25)26)12-11-14(19)2/h6-13,15,18H,5H2,1-4H3,(H,21,24)/t15-,18+/m0/s1. The van der Waals surface area contributed by atoms with Gasteiger partial charge in [-0.05, 0) is 31.4 Å². The van der Waals surface area contributed by atoms with Crippen molar-refractivity contribution in [2.45, 2.75) is 39.3 Å². The molecule has 0 saturated carbocycles. The molecule has 8 nitrogen and oxygen atoms in total. The topological polar surface area (TPSA) is 110 Å². The number of benzene rings is 2. The second-order valence-electron chi connectivity index (χ2n) is 6.85. The smallest absolute Gasteiger partial charge is 0.271 e. The molecule has 1 amide bonds. The number of hydrogen-bond donors (Lipinski definition) is 1. The third kappa shape index (κ3) is 5.32. The fraction of sp³-hybridized carbons (Fsp3) is 0.350. The summed E-state index contributed by atoms with van der Waals surface area (Å²) in [5.41, 5.74) is 1.28. The first-order valence-electron chi connectivity index (χ1n) is 9.16. The van der Waals surface area contributed by atoms with Gasteiger partial charge in [-0.25, -0.2) is 8.42 Å². The van der Waals surface area contributed by atoms with Gasteiger partial charge in [0.05, 0.1) is 22.9 Å². The van der Waals surface area contributed by atoms with Crippen LogP contribution >= 0.6 is 0 Å². The Morgan fingerprint density at radius 2 is 1.83 bits per heavy atom. The van der Waals surface area contributed by atoms with E-state index >= 15 is 0 Å². The van der Waals surface area contributed by atoms with Crippen LogP contribution in [-0.2, 0) is 14.8 Å². The van der Waals surface area contributed by atoms with Crippen LogP contribution in [-0.4, -0.2) is 31.5 Å². The van der Waals surface area contributed by atoms with Gasteiger partial charge in [0.25, 0.3) is 5.69 Å². The van der Waals surface area contributed by atoms with Crippen molar-refractivity contribution in [3.63, 3.8) is 0 Å². The van der Waals surface area contributed by atoms with E-state index in [9.17, 15) is 23.3 Å². The monoisotopic (exact) mass is 419 g/mol. The minimum Gasteiger partial charge on any atom is -0.348 e. The van der Waals surface area contributed by atoms with Gasteiger partial charge in [-0.1, -0.05) is 43.3 Å². The lowest BCUT2D eigenvalue weighted by Crippen LogP contribution is -2.50. The summed E-state index contributed by atoms with van der Waals surface area (Å²) >= 11 is 0. The van der Waals surface area contributed by atoms with Gasteiger partial charge in [0.2, 0.25) is 15.9 Å². The van der Waals surface area contributed by atoms with Gasteiger partial charge in [0.15, 0.2) is 0 Å². The number of amides is 1. The Kier molecular flexibility index (Phi) is 6.97. The van der Waals surface area contributed by atoms with Crippen LogP contribution in [0.15, 0.2) is 48.5 Å². The number of nitro benzene ring substituents is 1. The highest BCUT2D eigenvalue weighted by Gasteiger charge is 2.33. The van der Waals surface area contributed by atoms with Crippen LogP contribution in [0.1, 0.15) is 37.4 Å². The Balaban J connectivity index is 2.44. The van der Waals surface area contributed by atoms with Crippen molar-refractivity contribution in [2.24, 2.45) is 0 Å². The SMILES string of the molecule is CC[C@H](C(=O)N[C@@H](C)c1ccccc1)N(c1cc([N+](=O)[O-])ccc1C)S(C)(=O)=O.